The van der Waals surface area contributed by atoms with Crippen LogP contribution in [0.1, 0.15) is 63.8 Å². The maximum Gasteiger partial charge on any atom is 0.250 e. The number of hydrogen-bond acceptors (Lipinski definition) is 3. The van der Waals surface area contributed by atoms with Gasteiger partial charge in [-0.15, -0.1) is 0 Å². The number of hydrogen-bond donors (Lipinski definition) is 2. The lowest BCUT2D eigenvalue weighted by Gasteiger charge is -2.33. The second-order valence-corrected chi connectivity index (χ2v) is 8.10. The fourth-order valence-corrected chi connectivity index (χ4v) is 3.58. The Morgan fingerprint density at radius 3 is 2.43 bits per heavy atom. The molecule has 2 unspecified atom stereocenters. The number of allylic oxidation sites excluding steroid dienone is 3. The van der Waals surface area contributed by atoms with E-state index in [2.05, 4.69) is 44.5 Å². The van der Waals surface area contributed by atoms with E-state index in [1.165, 1.54) is 5.56 Å². The highest BCUT2D eigenvalue weighted by Crippen LogP contribution is 2.30. The van der Waals surface area contributed by atoms with Crippen molar-refractivity contribution in [3.05, 3.63) is 64.8 Å². The molecule has 1 amide bonds. The maximum atomic E-state index is 12.5. The number of phenols is 1. The molecule has 4 nitrogen and oxygen atoms in total. The summed E-state index contributed by atoms with van der Waals surface area (Å²) in [5.41, 5.74) is 4.90. The molecule has 0 aromatic heterocycles. The molecule has 0 spiro atoms. The predicted molar refractivity (Wildman–Crippen MR) is 128 cm³/mol. The first-order chi connectivity index (χ1) is 14.2. The van der Waals surface area contributed by atoms with Gasteiger partial charge in [0.25, 0.3) is 5.91 Å². The van der Waals surface area contributed by atoms with Crippen molar-refractivity contribution in [1.29, 1.82) is 0 Å². The van der Waals surface area contributed by atoms with Gasteiger partial charge in [0.2, 0.25) is 0 Å². The van der Waals surface area contributed by atoms with Crippen molar-refractivity contribution in [3.8, 4) is 5.75 Å². The summed E-state index contributed by atoms with van der Waals surface area (Å²) < 4.78 is 0. The molecular weight excluding hydrogens is 372 g/mol. The molecule has 1 aromatic carbocycles. The number of amides is 1. The average Bonchev–Trinajstić information content (AvgIpc) is 2.72. The molecule has 0 fully saturated rings. The van der Waals surface area contributed by atoms with Gasteiger partial charge in [0, 0.05) is 24.7 Å². The number of aromatic hydroxyl groups is 1. The fraction of sp³-hybridized carbons (Fsp3) is 0.500. The number of benzene rings is 1. The first-order valence-electron chi connectivity index (χ1n) is 11.0. The van der Waals surface area contributed by atoms with Crippen LogP contribution in [0.5, 0.6) is 5.75 Å². The summed E-state index contributed by atoms with van der Waals surface area (Å²) >= 11 is 0. The maximum absolute atomic E-state index is 12.5. The van der Waals surface area contributed by atoms with Crippen molar-refractivity contribution >= 4 is 5.91 Å². The SMILES string of the molecule is C=C(C)/C=C\C(=CC)C(=O)NCC(CC)CN(CC)C(C)c1ccc(O)c(C)c1C. The molecule has 2 atom stereocenters. The third kappa shape index (κ3) is 7.17. The number of phenolic OH excluding ortho intramolecular Hbond substituents is 1. The van der Waals surface area contributed by atoms with Crippen molar-refractivity contribution in [3.63, 3.8) is 0 Å². The fourth-order valence-electron chi connectivity index (χ4n) is 3.58. The molecule has 4 heteroatoms. The number of rotatable bonds is 11. The van der Waals surface area contributed by atoms with Crippen LogP contribution in [0.3, 0.4) is 0 Å². The summed E-state index contributed by atoms with van der Waals surface area (Å²) in [6.45, 7) is 20.7. The Morgan fingerprint density at radius 1 is 1.23 bits per heavy atom. The first kappa shape index (κ1) is 25.7. The molecule has 1 rings (SSSR count). The quantitative estimate of drug-likeness (QED) is 0.367. The zero-order chi connectivity index (χ0) is 22.8. The van der Waals surface area contributed by atoms with Crippen molar-refractivity contribution in [2.75, 3.05) is 19.6 Å². The van der Waals surface area contributed by atoms with Crippen LogP contribution >= 0.6 is 0 Å². The lowest BCUT2D eigenvalue weighted by atomic mass is 9.95. The zero-order valence-corrected chi connectivity index (χ0v) is 19.9. The minimum Gasteiger partial charge on any atom is -0.508 e. The van der Waals surface area contributed by atoms with Crippen LogP contribution < -0.4 is 5.32 Å². The van der Waals surface area contributed by atoms with Crippen LogP contribution in [0.25, 0.3) is 0 Å². The lowest BCUT2D eigenvalue weighted by Crippen LogP contribution is -2.38. The van der Waals surface area contributed by atoms with Crippen LogP contribution in [0.15, 0.2) is 48.1 Å². The van der Waals surface area contributed by atoms with E-state index >= 15 is 0 Å². The van der Waals surface area contributed by atoms with Crippen LogP contribution in [0, 0.1) is 19.8 Å². The summed E-state index contributed by atoms with van der Waals surface area (Å²) in [5, 5.41) is 13.1. The van der Waals surface area contributed by atoms with Gasteiger partial charge >= 0.3 is 0 Å². The molecule has 166 valence electrons. The molecule has 1 aromatic rings. The van der Waals surface area contributed by atoms with Crippen LogP contribution in [-0.2, 0) is 4.79 Å². The van der Waals surface area contributed by atoms with E-state index in [-0.39, 0.29) is 11.9 Å². The molecule has 0 saturated carbocycles. The molecule has 0 saturated heterocycles. The molecule has 0 aliphatic carbocycles. The van der Waals surface area contributed by atoms with E-state index in [4.69, 9.17) is 0 Å². The monoisotopic (exact) mass is 412 g/mol. The van der Waals surface area contributed by atoms with Crippen molar-refractivity contribution in [2.24, 2.45) is 5.92 Å². The van der Waals surface area contributed by atoms with Gasteiger partial charge in [0.05, 0.1) is 0 Å². The number of carbonyl (C=O) groups is 1. The van der Waals surface area contributed by atoms with E-state index in [9.17, 15) is 9.90 Å². The standard InChI is InChI=1S/C26H40N2O2/c1-9-22(16-27-26(30)23(10-2)13-12-18(4)5)17-28(11-3)21(8)24-14-15-25(29)20(7)19(24)6/h10,12-15,21-22,29H,4,9,11,16-17H2,1-3,5-8H3,(H,27,30)/b13-12-,23-10?. The highest BCUT2D eigenvalue weighted by atomic mass is 16.3. The van der Waals surface area contributed by atoms with E-state index in [1.54, 1.807) is 6.07 Å². The summed E-state index contributed by atoms with van der Waals surface area (Å²) in [4.78, 5) is 15.0. The third-order valence-electron chi connectivity index (χ3n) is 5.95. The Balaban J connectivity index is 2.83. The summed E-state index contributed by atoms with van der Waals surface area (Å²) in [7, 11) is 0. The zero-order valence-electron chi connectivity index (χ0n) is 19.9. The molecule has 2 N–H and O–H groups in total. The van der Waals surface area contributed by atoms with Gasteiger partial charge in [0.15, 0.2) is 0 Å². The molecule has 0 aliphatic rings. The predicted octanol–water partition coefficient (Wildman–Crippen LogP) is 5.61. The summed E-state index contributed by atoms with van der Waals surface area (Å²) in [6.07, 6.45) is 6.49. The average molecular weight is 413 g/mol. The first-order valence-corrected chi connectivity index (χ1v) is 11.0. The Bertz CT molecular complexity index is 792. The lowest BCUT2D eigenvalue weighted by molar-refractivity contribution is -0.117. The number of carbonyl (C=O) groups excluding carboxylic acids is 1. The molecule has 0 aliphatic heterocycles. The van der Waals surface area contributed by atoms with E-state index < -0.39 is 0 Å². The number of nitrogens with one attached hydrogen (secondary N) is 1. The van der Waals surface area contributed by atoms with Crippen molar-refractivity contribution < 1.29 is 9.90 Å². The molecule has 0 bridgehead atoms. The van der Waals surface area contributed by atoms with Crippen molar-refractivity contribution in [2.45, 2.75) is 60.9 Å². The van der Waals surface area contributed by atoms with Gasteiger partial charge in [-0.05, 0) is 75.9 Å². The Morgan fingerprint density at radius 2 is 1.90 bits per heavy atom. The Kier molecular flexibility index (Phi) is 10.6. The van der Waals surface area contributed by atoms with Gasteiger partial charge < -0.3 is 10.4 Å². The Hall–Kier alpha value is -2.33. The molecule has 30 heavy (non-hydrogen) atoms. The third-order valence-corrected chi connectivity index (χ3v) is 5.95. The van der Waals surface area contributed by atoms with Gasteiger partial charge in [-0.2, -0.15) is 0 Å². The highest BCUT2D eigenvalue weighted by molar-refractivity contribution is 5.96. The smallest absolute Gasteiger partial charge is 0.250 e. The van der Waals surface area contributed by atoms with Gasteiger partial charge in [-0.1, -0.05) is 50.6 Å². The van der Waals surface area contributed by atoms with Gasteiger partial charge in [-0.3, -0.25) is 9.69 Å². The second kappa shape index (κ2) is 12.4. The van der Waals surface area contributed by atoms with Gasteiger partial charge in [0.1, 0.15) is 5.75 Å². The second-order valence-electron chi connectivity index (χ2n) is 8.10. The summed E-state index contributed by atoms with van der Waals surface area (Å²) in [5.74, 6) is 0.661. The minimum absolute atomic E-state index is 0.0467. The van der Waals surface area contributed by atoms with Crippen LogP contribution in [0.4, 0.5) is 0 Å². The largest absolute Gasteiger partial charge is 0.508 e. The summed E-state index contributed by atoms with van der Waals surface area (Å²) in [6, 6.07) is 4.06. The Labute approximate surface area is 183 Å². The van der Waals surface area contributed by atoms with E-state index in [0.717, 1.165) is 36.2 Å². The molecular formula is C26H40N2O2. The molecule has 0 heterocycles. The van der Waals surface area contributed by atoms with Gasteiger partial charge in [-0.25, -0.2) is 0 Å². The normalized spacial score (nSPS) is 14.2. The van der Waals surface area contributed by atoms with E-state index in [0.29, 0.717) is 23.8 Å². The van der Waals surface area contributed by atoms with Crippen molar-refractivity contribution in [1.82, 2.24) is 10.2 Å². The topological polar surface area (TPSA) is 52.6 Å². The minimum atomic E-state index is -0.0467. The van der Waals surface area contributed by atoms with Crippen LogP contribution in [0.2, 0.25) is 0 Å². The number of nitrogens with zero attached hydrogens (tertiary/aromatic N) is 1. The van der Waals surface area contributed by atoms with Crippen LogP contribution in [-0.4, -0.2) is 35.5 Å². The molecule has 0 radical (unpaired) electrons. The highest BCUT2D eigenvalue weighted by Gasteiger charge is 2.21. The van der Waals surface area contributed by atoms with E-state index in [1.807, 2.05) is 45.1 Å².